The zero-order valence-electron chi connectivity index (χ0n) is 14.4. The maximum absolute atomic E-state index is 11.8. The van der Waals surface area contributed by atoms with Gasteiger partial charge in [0.15, 0.2) is 0 Å². The molecule has 1 unspecified atom stereocenters. The lowest BCUT2D eigenvalue weighted by molar-refractivity contribution is -0.0486. The molecule has 0 heterocycles. The second-order valence-electron chi connectivity index (χ2n) is 7.21. The highest BCUT2D eigenvalue weighted by Crippen LogP contribution is 2.52. The van der Waals surface area contributed by atoms with E-state index in [9.17, 15) is 5.11 Å². The Balaban J connectivity index is 2.19. The second kappa shape index (κ2) is 5.65. The molecular formula is C22H26O. The van der Waals surface area contributed by atoms with Crippen LogP contribution in [-0.4, -0.2) is 5.11 Å². The van der Waals surface area contributed by atoms with Gasteiger partial charge in [-0.05, 0) is 49.8 Å². The Morgan fingerprint density at radius 1 is 1.09 bits per heavy atom. The van der Waals surface area contributed by atoms with Crippen molar-refractivity contribution in [2.75, 3.05) is 0 Å². The fourth-order valence-corrected chi connectivity index (χ4v) is 4.07. The van der Waals surface area contributed by atoms with Crippen LogP contribution in [0.4, 0.5) is 0 Å². The van der Waals surface area contributed by atoms with E-state index in [0.29, 0.717) is 6.42 Å². The molecule has 0 spiro atoms. The first-order valence-electron chi connectivity index (χ1n) is 8.41. The van der Waals surface area contributed by atoms with Crippen LogP contribution in [0.25, 0.3) is 0 Å². The van der Waals surface area contributed by atoms with Gasteiger partial charge in [0.1, 0.15) is 5.60 Å². The van der Waals surface area contributed by atoms with Gasteiger partial charge in [-0.2, -0.15) is 0 Å². The van der Waals surface area contributed by atoms with E-state index in [-0.39, 0.29) is 5.41 Å². The lowest BCUT2D eigenvalue weighted by Crippen LogP contribution is -2.50. The highest BCUT2D eigenvalue weighted by Gasteiger charge is 2.51. The summed E-state index contributed by atoms with van der Waals surface area (Å²) in [6, 6.07) is 15.1. The van der Waals surface area contributed by atoms with Gasteiger partial charge in [0.2, 0.25) is 0 Å². The highest BCUT2D eigenvalue weighted by atomic mass is 16.3. The third-order valence-corrected chi connectivity index (χ3v) is 5.64. The normalized spacial score (nSPS) is 26.6. The summed E-state index contributed by atoms with van der Waals surface area (Å²) in [7, 11) is 0. The van der Waals surface area contributed by atoms with Crippen LogP contribution in [0.15, 0.2) is 55.1 Å². The molecule has 2 aromatic carbocycles. The van der Waals surface area contributed by atoms with Crippen LogP contribution in [0.5, 0.6) is 0 Å². The molecular weight excluding hydrogens is 280 g/mol. The molecule has 1 aliphatic rings. The summed E-state index contributed by atoms with van der Waals surface area (Å²) < 4.78 is 0. The van der Waals surface area contributed by atoms with Gasteiger partial charge < -0.3 is 5.11 Å². The second-order valence-corrected chi connectivity index (χ2v) is 7.21. The van der Waals surface area contributed by atoms with E-state index in [4.69, 9.17) is 0 Å². The summed E-state index contributed by atoms with van der Waals surface area (Å²) in [6.07, 6.45) is 4.35. The number of benzene rings is 2. The average molecular weight is 306 g/mol. The maximum Gasteiger partial charge on any atom is 0.103 e. The van der Waals surface area contributed by atoms with Crippen LogP contribution in [0.1, 0.15) is 47.6 Å². The van der Waals surface area contributed by atoms with E-state index in [1.165, 1.54) is 22.3 Å². The predicted molar refractivity (Wildman–Crippen MR) is 96.7 cm³/mol. The lowest BCUT2D eigenvalue weighted by atomic mass is 9.57. The Labute approximate surface area is 139 Å². The number of hydrogen-bond acceptors (Lipinski definition) is 1. The monoisotopic (exact) mass is 306 g/mol. The topological polar surface area (TPSA) is 20.2 Å². The smallest absolute Gasteiger partial charge is 0.103 e. The molecule has 1 nitrogen and oxygen atoms in total. The van der Waals surface area contributed by atoms with E-state index in [2.05, 4.69) is 69.8 Å². The molecule has 23 heavy (non-hydrogen) atoms. The Bertz CT molecular complexity index is 728. The van der Waals surface area contributed by atoms with Crippen molar-refractivity contribution in [1.82, 2.24) is 0 Å². The molecule has 0 bridgehead atoms. The molecule has 0 saturated heterocycles. The molecule has 0 aromatic heterocycles. The van der Waals surface area contributed by atoms with Gasteiger partial charge in [-0.25, -0.2) is 0 Å². The predicted octanol–water partition coefficient (Wildman–Crippen LogP) is 4.97. The molecule has 1 aliphatic carbocycles. The van der Waals surface area contributed by atoms with Crippen molar-refractivity contribution in [2.45, 2.75) is 51.0 Å². The van der Waals surface area contributed by atoms with E-state index in [1.54, 1.807) is 0 Å². The zero-order chi connectivity index (χ0) is 16.7. The summed E-state index contributed by atoms with van der Waals surface area (Å²) in [5, 5.41) is 11.8. The van der Waals surface area contributed by atoms with Gasteiger partial charge in [0.05, 0.1) is 0 Å². The van der Waals surface area contributed by atoms with Crippen LogP contribution < -0.4 is 0 Å². The van der Waals surface area contributed by atoms with Crippen LogP contribution in [-0.2, 0) is 17.4 Å². The first-order chi connectivity index (χ1) is 10.9. The van der Waals surface area contributed by atoms with Crippen LogP contribution in [0.2, 0.25) is 0 Å². The fraction of sp³-hybridized carbons (Fsp3) is 0.364. The van der Waals surface area contributed by atoms with Gasteiger partial charge in [0.25, 0.3) is 0 Å². The average Bonchev–Trinajstić information content (AvgIpc) is 2.52. The third kappa shape index (κ3) is 2.44. The van der Waals surface area contributed by atoms with Crippen molar-refractivity contribution in [2.24, 2.45) is 0 Å². The first-order valence-corrected chi connectivity index (χ1v) is 8.41. The number of aryl methyl sites for hydroxylation is 3. The van der Waals surface area contributed by atoms with E-state index >= 15 is 0 Å². The number of rotatable bonds is 3. The van der Waals surface area contributed by atoms with E-state index < -0.39 is 5.60 Å². The summed E-state index contributed by atoms with van der Waals surface area (Å²) in [5.41, 5.74) is 4.83. The molecule has 0 aliphatic heterocycles. The molecule has 120 valence electrons. The number of hydrogen-bond donors (Lipinski definition) is 1. The minimum absolute atomic E-state index is 0.308. The maximum atomic E-state index is 11.8. The zero-order valence-corrected chi connectivity index (χ0v) is 14.4. The van der Waals surface area contributed by atoms with E-state index in [0.717, 1.165) is 18.4 Å². The van der Waals surface area contributed by atoms with Crippen molar-refractivity contribution >= 4 is 0 Å². The van der Waals surface area contributed by atoms with Gasteiger partial charge in [-0.1, -0.05) is 66.6 Å². The molecule has 1 heteroatoms. The third-order valence-electron chi connectivity index (χ3n) is 5.64. The Kier molecular flexibility index (Phi) is 3.93. The lowest BCUT2D eigenvalue weighted by Gasteiger charge is -2.50. The van der Waals surface area contributed by atoms with Crippen molar-refractivity contribution < 1.29 is 5.11 Å². The molecule has 2 aromatic rings. The first kappa shape index (κ1) is 16.0. The van der Waals surface area contributed by atoms with Crippen molar-refractivity contribution in [3.05, 3.63) is 82.9 Å². The standard InChI is InChI=1S/C22H26O/c1-5-13-22(23)20-11-8-17(3)15-18(20)12-14-21(22,4)19-9-6-16(2)7-10-19/h5-11,15,23H,1,12-14H2,2-4H3/t21-,22?/m1/s1. The summed E-state index contributed by atoms with van der Waals surface area (Å²) in [5.74, 6) is 0. The molecule has 0 saturated carbocycles. The summed E-state index contributed by atoms with van der Waals surface area (Å²) in [6.45, 7) is 10.3. The van der Waals surface area contributed by atoms with Crippen molar-refractivity contribution in [1.29, 1.82) is 0 Å². The van der Waals surface area contributed by atoms with Crippen LogP contribution >= 0.6 is 0 Å². The Morgan fingerprint density at radius 3 is 2.39 bits per heavy atom. The van der Waals surface area contributed by atoms with Gasteiger partial charge >= 0.3 is 0 Å². The molecule has 1 N–H and O–H groups in total. The fourth-order valence-electron chi connectivity index (χ4n) is 4.07. The van der Waals surface area contributed by atoms with Crippen LogP contribution in [0, 0.1) is 13.8 Å². The SMILES string of the molecule is C=CCC1(O)c2ccc(C)cc2CC[C@]1(C)c1ccc(C)cc1. The van der Waals surface area contributed by atoms with Gasteiger partial charge in [-0.15, -0.1) is 6.58 Å². The minimum atomic E-state index is -0.911. The minimum Gasteiger partial charge on any atom is -0.384 e. The quantitative estimate of drug-likeness (QED) is 0.794. The molecule has 0 fully saturated rings. The molecule has 0 radical (unpaired) electrons. The number of aliphatic hydroxyl groups is 1. The van der Waals surface area contributed by atoms with Gasteiger partial charge in [0, 0.05) is 5.41 Å². The largest absolute Gasteiger partial charge is 0.384 e. The Hall–Kier alpha value is -1.86. The van der Waals surface area contributed by atoms with Crippen molar-refractivity contribution in [3.8, 4) is 0 Å². The van der Waals surface area contributed by atoms with Crippen LogP contribution in [0.3, 0.4) is 0 Å². The van der Waals surface area contributed by atoms with Gasteiger partial charge in [-0.3, -0.25) is 0 Å². The summed E-state index contributed by atoms with van der Waals surface area (Å²) >= 11 is 0. The van der Waals surface area contributed by atoms with Crippen molar-refractivity contribution in [3.63, 3.8) is 0 Å². The summed E-state index contributed by atoms with van der Waals surface area (Å²) in [4.78, 5) is 0. The Morgan fingerprint density at radius 2 is 1.74 bits per heavy atom. The molecule has 2 atom stereocenters. The highest BCUT2D eigenvalue weighted by molar-refractivity contribution is 5.45. The van der Waals surface area contributed by atoms with E-state index in [1.807, 2.05) is 6.08 Å². The molecule has 0 amide bonds. The number of fused-ring (bicyclic) bond motifs is 1. The molecule has 3 rings (SSSR count).